The van der Waals surface area contributed by atoms with Crippen molar-refractivity contribution < 1.29 is 0 Å². The molecule has 0 amide bonds. The fraction of sp³-hybridized carbons (Fsp3) is 0.267. The summed E-state index contributed by atoms with van der Waals surface area (Å²) in [4.78, 5) is 2.10. The van der Waals surface area contributed by atoms with Gasteiger partial charge in [-0.15, -0.1) is 5.10 Å². The molecule has 5 nitrogen and oxygen atoms in total. The van der Waals surface area contributed by atoms with Crippen LogP contribution in [0.5, 0.6) is 0 Å². The van der Waals surface area contributed by atoms with Crippen LogP contribution in [0.2, 0.25) is 0 Å². The fourth-order valence-corrected chi connectivity index (χ4v) is 2.67. The highest BCUT2D eigenvalue weighted by Crippen LogP contribution is 2.35. The number of benzene rings is 1. The van der Waals surface area contributed by atoms with Gasteiger partial charge in [0.2, 0.25) is 0 Å². The SMILES string of the molecule is Cc1nnc(N2CCc3ccccc32)c(C(=N)N)c1C. The first-order chi connectivity index (χ1) is 9.59. The molecule has 102 valence electrons. The van der Waals surface area contributed by atoms with E-state index in [1.807, 2.05) is 26.0 Å². The molecule has 0 spiro atoms. The number of hydrogen-bond acceptors (Lipinski definition) is 4. The van der Waals surface area contributed by atoms with Crippen LogP contribution in [0.4, 0.5) is 11.5 Å². The maximum Gasteiger partial charge on any atom is 0.167 e. The maximum absolute atomic E-state index is 7.84. The number of amidine groups is 1. The number of hydrogen-bond donors (Lipinski definition) is 2. The third kappa shape index (κ3) is 1.82. The van der Waals surface area contributed by atoms with Crippen LogP contribution >= 0.6 is 0 Å². The molecule has 0 aliphatic carbocycles. The molecule has 1 aliphatic rings. The van der Waals surface area contributed by atoms with Gasteiger partial charge in [0.05, 0.1) is 11.3 Å². The van der Waals surface area contributed by atoms with Gasteiger partial charge in [0.15, 0.2) is 5.82 Å². The van der Waals surface area contributed by atoms with Crippen LogP contribution in [0.15, 0.2) is 24.3 Å². The number of nitrogens with zero attached hydrogens (tertiary/aromatic N) is 3. The molecule has 0 bridgehead atoms. The normalized spacial score (nSPS) is 13.4. The molecule has 1 aromatic carbocycles. The van der Waals surface area contributed by atoms with Crippen LogP contribution in [-0.2, 0) is 6.42 Å². The summed E-state index contributed by atoms with van der Waals surface area (Å²) in [5.74, 6) is 0.727. The summed E-state index contributed by atoms with van der Waals surface area (Å²) in [6.45, 7) is 4.67. The van der Waals surface area contributed by atoms with E-state index in [2.05, 4.69) is 27.2 Å². The lowest BCUT2D eigenvalue weighted by Crippen LogP contribution is -2.24. The molecule has 0 fully saturated rings. The molecule has 1 aliphatic heterocycles. The van der Waals surface area contributed by atoms with Crippen molar-refractivity contribution in [3.8, 4) is 0 Å². The Balaban J connectivity index is 2.17. The van der Waals surface area contributed by atoms with Crippen LogP contribution in [-0.4, -0.2) is 22.6 Å². The van der Waals surface area contributed by atoms with Gasteiger partial charge in [0.1, 0.15) is 5.84 Å². The van der Waals surface area contributed by atoms with Crippen molar-refractivity contribution in [2.75, 3.05) is 11.4 Å². The largest absolute Gasteiger partial charge is 0.384 e. The summed E-state index contributed by atoms with van der Waals surface area (Å²) < 4.78 is 0. The van der Waals surface area contributed by atoms with Gasteiger partial charge in [-0.25, -0.2) is 0 Å². The Kier molecular flexibility index (Phi) is 2.89. The minimum atomic E-state index is 0.0416. The van der Waals surface area contributed by atoms with Crippen LogP contribution in [0.3, 0.4) is 0 Å². The first kappa shape index (κ1) is 12.6. The Bertz CT molecular complexity index is 693. The molecule has 0 atom stereocenters. The van der Waals surface area contributed by atoms with Crippen LogP contribution in [0.1, 0.15) is 22.4 Å². The quantitative estimate of drug-likeness (QED) is 0.645. The Morgan fingerprint density at radius 3 is 2.75 bits per heavy atom. The summed E-state index contributed by atoms with van der Waals surface area (Å²) >= 11 is 0. The number of nitrogen functional groups attached to an aromatic ring is 1. The molecular formula is C15H17N5. The van der Waals surface area contributed by atoms with Gasteiger partial charge in [0.25, 0.3) is 0 Å². The van der Waals surface area contributed by atoms with E-state index in [0.717, 1.165) is 29.9 Å². The van der Waals surface area contributed by atoms with Crippen molar-refractivity contribution in [1.29, 1.82) is 5.41 Å². The van der Waals surface area contributed by atoms with Crippen molar-refractivity contribution >= 4 is 17.3 Å². The number of anilines is 2. The molecule has 2 heterocycles. The zero-order valence-electron chi connectivity index (χ0n) is 11.6. The first-order valence-electron chi connectivity index (χ1n) is 6.63. The summed E-state index contributed by atoms with van der Waals surface area (Å²) in [7, 11) is 0. The second-order valence-corrected chi connectivity index (χ2v) is 5.05. The summed E-state index contributed by atoms with van der Waals surface area (Å²) in [5, 5.41) is 16.3. The monoisotopic (exact) mass is 267 g/mol. The van der Waals surface area contributed by atoms with E-state index < -0.39 is 0 Å². The highest BCUT2D eigenvalue weighted by Gasteiger charge is 2.25. The predicted octanol–water partition coefficient (Wildman–Crippen LogP) is 2.07. The van der Waals surface area contributed by atoms with E-state index in [0.29, 0.717) is 11.4 Å². The van der Waals surface area contributed by atoms with Gasteiger partial charge in [-0.3, -0.25) is 5.41 Å². The number of rotatable bonds is 2. The van der Waals surface area contributed by atoms with Crippen LogP contribution in [0.25, 0.3) is 0 Å². The maximum atomic E-state index is 7.84. The van der Waals surface area contributed by atoms with E-state index >= 15 is 0 Å². The lowest BCUT2D eigenvalue weighted by Gasteiger charge is -2.22. The molecule has 0 saturated carbocycles. The van der Waals surface area contributed by atoms with Crippen molar-refractivity contribution in [2.24, 2.45) is 5.73 Å². The second kappa shape index (κ2) is 4.59. The Morgan fingerprint density at radius 1 is 1.25 bits per heavy atom. The van der Waals surface area contributed by atoms with Gasteiger partial charge < -0.3 is 10.6 Å². The van der Waals surface area contributed by atoms with E-state index in [9.17, 15) is 0 Å². The number of aryl methyl sites for hydroxylation is 1. The molecule has 0 unspecified atom stereocenters. The highest BCUT2D eigenvalue weighted by molar-refractivity contribution is 6.02. The number of nitrogens with two attached hydrogens (primary N) is 1. The first-order valence-corrected chi connectivity index (χ1v) is 6.63. The molecule has 3 N–H and O–H groups in total. The Labute approximate surface area is 118 Å². The molecule has 1 aromatic heterocycles. The summed E-state index contributed by atoms with van der Waals surface area (Å²) in [5.41, 5.74) is 10.6. The molecule has 5 heteroatoms. The third-order valence-electron chi connectivity index (χ3n) is 3.85. The summed E-state index contributed by atoms with van der Waals surface area (Å²) in [6.07, 6.45) is 0.974. The van der Waals surface area contributed by atoms with E-state index in [-0.39, 0.29) is 5.84 Å². The van der Waals surface area contributed by atoms with Gasteiger partial charge in [-0.1, -0.05) is 18.2 Å². The molecular weight excluding hydrogens is 250 g/mol. The fourth-order valence-electron chi connectivity index (χ4n) is 2.67. The lowest BCUT2D eigenvalue weighted by atomic mass is 10.1. The average Bonchev–Trinajstić information content (AvgIpc) is 2.85. The van der Waals surface area contributed by atoms with E-state index in [1.54, 1.807) is 0 Å². The number of nitrogens with one attached hydrogen (secondary N) is 1. The number of para-hydroxylation sites is 1. The average molecular weight is 267 g/mol. The minimum Gasteiger partial charge on any atom is -0.384 e. The topological polar surface area (TPSA) is 78.9 Å². The van der Waals surface area contributed by atoms with Crippen LogP contribution in [0, 0.1) is 19.3 Å². The Hall–Kier alpha value is -2.43. The second-order valence-electron chi connectivity index (χ2n) is 5.05. The predicted molar refractivity (Wildman–Crippen MR) is 79.7 cm³/mol. The van der Waals surface area contributed by atoms with Crippen molar-refractivity contribution in [1.82, 2.24) is 10.2 Å². The van der Waals surface area contributed by atoms with Crippen LogP contribution < -0.4 is 10.6 Å². The molecule has 20 heavy (non-hydrogen) atoms. The van der Waals surface area contributed by atoms with Crippen molar-refractivity contribution in [3.05, 3.63) is 46.6 Å². The minimum absolute atomic E-state index is 0.0416. The number of fused-ring (bicyclic) bond motifs is 1. The van der Waals surface area contributed by atoms with E-state index in [1.165, 1.54) is 5.56 Å². The standard InChI is InChI=1S/C15H17N5/c1-9-10(2)18-19-15(13(9)14(16)17)20-8-7-11-5-3-4-6-12(11)20/h3-6H,7-8H2,1-2H3,(H3,16,17). The van der Waals surface area contributed by atoms with Gasteiger partial charge in [-0.2, -0.15) is 5.10 Å². The summed E-state index contributed by atoms with van der Waals surface area (Å²) in [6, 6.07) is 8.25. The van der Waals surface area contributed by atoms with Crippen molar-refractivity contribution in [2.45, 2.75) is 20.3 Å². The zero-order valence-corrected chi connectivity index (χ0v) is 11.6. The highest BCUT2D eigenvalue weighted by atomic mass is 15.3. The molecule has 2 aromatic rings. The Morgan fingerprint density at radius 2 is 2.00 bits per heavy atom. The molecule has 0 saturated heterocycles. The smallest absolute Gasteiger partial charge is 0.167 e. The van der Waals surface area contributed by atoms with Gasteiger partial charge >= 0.3 is 0 Å². The van der Waals surface area contributed by atoms with E-state index in [4.69, 9.17) is 11.1 Å². The van der Waals surface area contributed by atoms with Gasteiger partial charge in [-0.05, 0) is 37.5 Å². The molecule has 3 rings (SSSR count). The lowest BCUT2D eigenvalue weighted by molar-refractivity contribution is 0.896. The zero-order chi connectivity index (χ0) is 14.3. The third-order valence-corrected chi connectivity index (χ3v) is 3.85. The van der Waals surface area contributed by atoms with Crippen molar-refractivity contribution in [3.63, 3.8) is 0 Å². The molecule has 0 radical (unpaired) electrons. The number of aromatic nitrogens is 2. The van der Waals surface area contributed by atoms with Gasteiger partial charge in [0, 0.05) is 12.2 Å².